The summed E-state index contributed by atoms with van der Waals surface area (Å²) >= 11 is 0. The molecular formula is C16H20FN3O2. The molecule has 0 amide bonds. The lowest BCUT2D eigenvalue weighted by Crippen LogP contribution is -2.19. The fourth-order valence-electron chi connectivity index (χ4n) is 2.63. The van der Waals surface area contributed by atoms with Gasteiger partial charge in [0.2, 0.25) is 0 Å². The SMILES string of the molecule is COCCO[C@H]1CN[C@H](c2ncc(-c3ccc(F)cc3)[nH]2)C1. The molecule has 0 aliphatic carbocycles. The zero-order valence-electron chi connectivity index (χ0n) is 12.5. The lowest BCUT2D eigenvalue weighted by atomic mass is 10.1. The molecule has 5 nitrogen and oxygen atoms in total. The second kappa shape index (κ2) is 7.00. The molecule has 0 unspecified atom stereocenters. The van der Waals surface area contributed by atoms with Crippen molar-refractivity contribution in [3.63, 3.8) is 0 Å². The molecule has 1 aromatic heterocycles. The standard InChI is InChI=1S/C16H20FN3O2/c1-21-6-7-22-13-8-14(18-9-13)16-19-10-15(20-16)11-2-4-12(17)5-3-11/h2-5,10,13-14,18H,6-9H2,1H3,(H,19,20)/t13-,14+/m1/s1. The molecule has 1 aliphatic heterocycles. The van der Waals surface area contributed by atoms with Crippen LogP contribution in [0.4, 0.5) is 4.39 Å². The van der Waals surface area contributed by atoms with Crippen molar-refractivity contribution < 1.29 is 13.9 Å². The molecule has 1 fully saturated rings. The molecule has 22 heavy (non-hydrogen) atoms. The van der Waals surface area contributed by atoms with Crippen molar-refractivity contribution >= 4 is 0 Å². The third kappa shape index (κ3) is 3.52. The number of H-pyrrole nitrogens is 1. The first-order chi connectivity index (χ1) is 10.8. The van der Waals surface area contributed by atoms with E-state index in [-0.39, 0.29) is 18.0 Å². The van der Waals surface area contributed by atoms with E-state index in [0.29, 0.717) is 13.2 Å². The van der Waals surface area contributed by atoms with Gasteiger partial charge in [0.05, 0.1) is 37.3 Å². The van der Waals surface area contributed by atoms with Gasteiger partial charge in [0.15, 0.2) is 0 Å². The minimum atomic E-state index is -0.239. The van der Waals surface area contributed by atoms with Crippen LogP contribution in [0.25, 0.3) is 11.3 Å². The maximum absolute atomic E-state index is 13.0. The number of methoxy groups -OCH3 is 1. The molecule has 2 N–H and O–H groups in total. The van der Waals surface area contributed by atoms with E-state index in [1.54, 1.807) is 25.4 Å². The van der Waals surface area contributed by atoms with Gasteiger partial charge in [-0.05, 0) is 36.2 Å². The van der Waals surface area contributed by atoms with E-state index in [1.807, 2.05) is 0 Å². The summed E-state index contributed by atoms with van der Waals surface area (Å²) in [5.41, 5.74) is 1.81. The average Bonchev–Trinajstić information content (AvgIpc) is 3.17. The molecule has 0 spiro atoms. The molecule has 6 heteroatoms. The predicted octanol–water partition coefficient (Wildman–Crippen LogP) is 2.28. The Hall–Kier alpha value is -1.76. The Morgan fingerprint density at radius 3 is 2.86 bits per heavy atom. The van der Waals surface area contributed by atoms with E-state index >= 15 is 0 Å². The minimum Gasteiger partial charge on any atom is -0.382 e. The van der Waals surface area contributed by atoms with E-state index in [0.717, 1.165) is 30.0 Å². The van der Waals surface area contributed by atoms with Crippen molar-refractivity contribution in [2.24, 2.45) is 0 Å². The number of rotatable bonds is 6. The lowest BCUT2D eigenvalue weighted by molar-refractivity contribution is 0.0260. The summed E-state index contributed by atoms with van der Waals surface area (Å²) in [7, 11) is 1.67. The zero-order chi connectivity index (χ0) is 15.4. The molecule has 2 atom stereocenters. The number of aromatic amines is 1. The van der Waals surface area contributed by atoms with Gasteiger partial charge in [0.25, 0.3) is 0 Å². The van der Waals surface area contributed by atoms with Crippen LogP contribution in [0.5, 0.6) is 0 Å². The van der Waals surface area contributed by atoms with Gasteiger partial charge >= 0.3 is 0 Å². The molecule has 1 aliphatic rings. The van der Waals surface area contributed by atoms with Gasteiger partial charge in [-0.1, -0.05) is 0 Å². The van der Waals surface area contributed by atoms with Gasteiger partial charge in [-0.3, -0.25) is 0 Å². The summed E-state index contributed by atoms with van der Waals surface area (Å²) in [4.78, 5) is 7.74. The number of aromatic nitrogens is 2. The van der Waals surface area contributed by atoms with Gasteiger partial charge in [-0.15, -0.1) is 0 Å². The Bertz CT molecular complexity index is 600. The molecule has 2 aromatic rings. The monoisotopic (exact) mass is 305 g/mol. The lowest BCUT2D eigenvalue weighted by Gasteiger charge is -2.10. The van der Waals surface area contributed by atoms with Crippen LogP contribution in [0.2, 0.25) is 0 Å². The van der Waals surface area contributed by atoms with Crippen molar-refractivity contribution in [1.82, 2.24) is 15.3 Å². The fraction of sp³-hybridized carbons (Fsp3) is 0.438. The molecule has 3 rings (SSSR count). The first kappa shape index (κ1) is 15.1. The third-order valence-electron chi connectivity index (χ3n) is 3.81. The van der Waals surface area contributed by atoms with E-state index in [1.165, 1.54) is 12.1 Å². The molecule has 0 bridgehead atoms. The van der Waals surface area contributed by atoms with Gasteiger partial charge in [0, 0.05) is 13.7 Å². The highest BCUT2D eigenvalue weighted by Crippen LogP contribution is 2.25. The summed E-state index contributed by atoms with van der Waals surface area (Å²) in [6, 6.07) is 6.53. The number of imidazole rings is 1. The molecule has 2 heterocycles. The zero-order valence-corrected chi connectivity index (χ0v) is 12.5. The Morgan fingerprint density at radius 1 is 1.27 bits per heavy atom. The van der Waals surface area contributed by atoms with Crippen LogP contribution in [0.1, 0.15) is 18.3 Å². The second-order valence-corrected chi connectivity index (χ2v) is 5.37. The van der Waals surface area contributed by atoms with Gasteiger partial charge in [-0.25, -0.2) is 9.37 Å². The van der Waals surface area contributed by atoms with Gasteiger partial charge in [0.1, 0.15) is 11.6 Å². The van der Waals surface area contributed by atoms with Crippen molar-refractivity contribution in [3.8, 4) is 11.3 Å². The quantitative estimate of drug-likeness (QED) is 0.804. The average molecular weight is 305 g/mol. The largest absolute Gasteiger partial charge is 0.382 e. The maximum atomic E-state index is 13.0. The fourth-order valence-corrected chi connectivity index (χ4v) is 2.63. The number of hydrogen-bond acceptors (Lipinski definition) is 4. The van der Waals surface area contributed by atoms with Crippen LogP contribution in [-0.2, 0) is 9.47 Å². The molecular weight excluding hydrogens is 285 g/mol. The minimum absolute atomic E-state index is 0.154. The van der Waals surface area contributed by atoms with E-state index in [2.05, 4.69) is 15.3 Å². The first-order valence-corrected chi connectivity index (χ1v) is 7.41. The number of halogens is 1. The number of ether oxygens (including phenoxy) is 2. The normalized spacial score (nSPS) is 21.4. The van der Waals surface area contributed by atoms with Crippen LogP contribution in [0.15, 0.2) is 30.5 Å². The number of nitrogens with zero attached hydrogens (tertiary/aromatic N) is 1. The molecule has 1 aromatic carbocycles. The second-order valence-electron chi connectivity index (χ2n) is 5.37. The summed E-state index contributed by atoms with van der Waals surface area (Å²) in [5.74, 6) is 0.647. The maximum Gasteiger partial charge on any atom is 0.123 e. The summed E-state index contributed by atoms with van der Waals surface area (Å²) in [6.45, 7) is 2.02. The van der Waals surface area contributed by atoms with Crippen molar-refractivity contribution in [2.45, 2.75) is 18.6 Å². The van der Waals surface area contributed by atoms with Crippen LogP contribution in [-0.4, -0.2) is 42.9 Å². The van der Waals surface area contributed by atoms with E-state index < -0.39 is 0 Å². The highest BCUT2D eigenvalue weighted by atomic mass is 19.1. The summed E-state index contributed by atoms with van der Waals surface area (Å²) in [5, 5.41) is 3.40. The summed E-state index contributed by atoms with van der Waals surface area (Å²) in [6.07, 6.45) is 2.84. The highest BCUT2D eigenvalue weighted by Gasteiger charge is 2.27. The third-order valence-corrected chi connectivity index (χ3v) is 3.81. The number of nitrogens with one attached hydrogen (secondary N) is 2. The number of benzene rings is 1. The topological polar surface area (TPSA) is 59.2 Å². The molecule has 0 saturated carbocycles. The predicted molar refractivity (Wildman–Crippen MR) is 81.0 cm³/mol. The van der Waals surface area contributed by atoms with Crippen molar-refractivity contribution in [3.05, 3.63) is 42.1 Å². The Morgan fingerprint density at radius 2 is 2.09 bits per heavy atom. The Balaban J connectivity index is 1.61. The van der Waals surface area contributed by atoms with Gasteiger partial charge in [-0.2, -0.15) is 0 Å². The molecule has 1 saturated heterocycles. The van der Waals surface area contributed by atoms with Crippen LogP contribution in [0, 0.1) is 5.82 Å². The van der Waals surface area contributed by atoms with Crippen LogP contribution < -0.4 is 5.32 Å². The Labute approximate surface area is 128 Å². The molecule has 118 valence electrons. The van der Waals surface area contributed by atoms with Gasteiger partial charge < -0.3 is 19.8 Å². The Kier molecular flexibility index (Phi) is 4.82. The molecule has 0 radical (unpaired) electrons. The smallest absolute Gasteiger partial charge is 0.123 e. The van der Waals surface area contributed by atoms with Crippen molar-refractivity contribution in [2.75, 3.05) is 26.9 Å². The van der Waals surface area contributed by atoms with E-state index in [4.69, 9.17) is 9.47 Å². The number of hydrogen-bond donors (Lipinski definition) is 2. The summed E-state index contributed by atoms with van der Waals surface area (Å²) < 4.78 is 23.7. The van der Waals surface area contributed by atoms with E-state index in [9.17, 15) is 4.39 Å². The highest BCUT2D eigenvalue weighted by molar-refractivity contribution is 5.58. The van der Waals surface area contributed by atoms with Crippen molar-refractivity contribution in [1.29, 1.82) is 0 Å². The van der Waals surface area contributed by atoms with Crippen LogP contribution in [0.3, 0.4) is 0 Å². The van der Waals surface area contributed by atoms with Crippen LogP contribution >= 0.6 is 0 Å². The first-order valence-electron chi connectivity index (χ1n) is 7.41.